The van der Waals surface area contributed by atoms with Crippen molar-refractivity contribution in [1.29, 1.82) is 0 Å². The van der Waals surface area contributed by atoms with Gasteiger partial charge in [0.05, 0.1) is 0 Å². The van der Waals surface area contributed by atoms with Gasteiger partial charge in [0.25, 0.3) is 0 Å². The van der Waals surface area contributed by atoms with Crippen LogP contribution < -0.4 is 5.32 Å². The lowest BCUT2D eigenvalue weighted by molar-refractivity contribution is -0.143. The minimum Gasteiger partial charge on any atom is -0.481 e. The van der Waals surface area contributed by atoms with Crippen molar-refractivity contribution in [2.75, 3.05) is 6.54 Å². The van der Waals surface area contributed by atoms with Gasteiger partial charge >= 0.3 is 5.97 Å². The lowest BCUT2D eigenvalue weighted by Crippen LogP contribution is -2.45. The highest BCUT2D eigenvalue weighted by Crippen LogP contribution is 2.61. The van der Waals surface area contributed by atoms with Crippen LogP contribution in [0.1, 0.15) is 36.5 Å². The van der Waals surface area contributed by atoms with Gasteiger partial charge in [0, 0.05) is 17.9 Å². The van der Waals surface area contributed by atoms with Gasteiger partial charge in [-0.25, -0.2) is 0 Å². The number of hydrogen-bond donors (Lipinski definition) is 2. The van der Waals surface area contributed by atoms with Gasteiger partial charge in [-0.3, -0.25) is 9.59 Å². The molecule has 0 heterocycles. The maximum absolute atomic E-state index is 12.8. The summed E-state index contributed by atoms with van der Waals surface area (Å²) in [5.74, 6) is -0.995. The van der Waals surface area contributed by atoms with Crippen LogP contribution in [0.15, 0.2) is 54.6 Å². The van der Waals surface area contributed by atoms with Crippen molar-refractivity contribution in [3.63, 3.8) is 0 Å². The number of carboxylic acids is 1. The van der Waals surface area contributed by atoms with Gasteiger partial charge in [0.2, 0.25) is 5.91 Å². The fourth-order valence-corrected chi connectivity index (χ4v) is 4.43. The third-order valence-electron chi connectivity index (χ3n) is 6.29. The van der Waals surface area contributed by atoms with E-state index in [1.807, 2.05) is 30.3 Å². The molecule has 1 amide bonds. The highest BCUT2D eigenvalue weighted by molar-refractivity contribution is 5.87. The van der Waals surface area contributed by atoms with E-state index in [0.717, 1.165) is 19.3 Å². The Kier molecular flexibility index (Phi) is 3.87. The van der Waals surface area contributed by atoms with E-state index in [-0.39, 0.29) is 23.8 Å². The van der Waals surface area contributed by atoms with Crippen molar-refractivity contribution in [3.05, 3.63) is 71.3 Å². The van der Waals surface area contributed by atoms with E-state index in [4.69, 9.17) is 0 Å². The Morgan fingerprint density at radius 3 is 2.58 bits per heavy atom. The standard InChI is InChI=1S/C22H23NO3/c1-21(20(25)26,16-8-3-2-4-9-16)14-23-19(24)18-13-22(18)12-11-15-7-5-6-10-17(15)22/h2-10,18H,11-14H2,1H3,(H,23,24)(H,25,26). The van der Waals surface area contributed by atoms with E-state index in [9.17, 15) is 14.7 Å². The number of amides is 1. The predicted molar refractivity (Wildman–Crippen MR) is 99.0 cm³/mol. The molecule has 1 fully saturated rings. The highest BCUT2D eigenvalue weighted by atomic mass is 16.4. The lowest BCUT2D eigenvalue weighted by Gasteiger charge is -2.26. The summed E-state index contributed by atoms with van der Waals surface area (Å²) in [5, 5.41) is 12.7. The summed E-state index contributed by atoms with van der Waals surface area (Å²) < 4.78 is 0. The summed E-state index contributed by atoms with van der Waals surface area (Å²) in [6.45, 7) is 1.76. The number of carboxylic acid groups (broad SMARTS) is 1. The summed E-state index contributed by atoms with van der Waals surface area (Å²) in [6, 6.07) is 17.5. The number of aryl methyl sites for hydroxylation is 1. The molecular weight excluding hydrogens is 326 g/mol. The lowest BCUT2D eigenvalue weighted by atomic mass is 9.82. The first-order valence-electron chi connectivity index (χ1n) is 9.12. The Morgan fingerprint density at radius 1 is 1.15 bits per heavy atom. The second kappa shape index (κ2) is 5.97. The molecule has 0 aliphatic heterocycles. The van der Waals surface area contributed by atoms with Crippen molar-refractivity contribution < 1.29 is 14.7 Å². The van der Waals surface area contributed by atoms with Gasteiger partial charge < -0.3 is 10.4 Å². The van der Waals surface area contributed by atoms with Crippen LogP contribution in [0.25, 0.3) is 0 Å². The highest BCUT2D eigenvalue weighted by Gasteiger charge is 2.61. The molecule has 0 aromatic heterocycles. The molecule has 0 radical (unpaired) electrons. The second-order valence-corrected chi connectivity index (χ2v) is 7.79. The zero-order valence-electron chi connectivity index (χ0n) is 14.9. The van der Waals surface area contributed by atoms with Crippen molar-refractivity contribution in [1.82, 2.24) is 5.32 Å². The van der Waals surface area contributed by atoms with E-state index < -0.39 is 11.4 Å². The third kappa shape index (κ3) is 2.52. The zero-order chi connectivity index (χ0) is 18.4. The number of carbonyl (C=O) groups is 2. The van der Waals surface area contributed by atoms with Crippen LogP contribution in [-0.2, 0) is 26.8 Å². The number of benzene rings is 2. The number of nitrogens with one attached hydrogen (secondary N) is 1. The second-order valence-electron chi connectivity index (χ2n) is 7.79. The van der Waals surface area contributed by atoms with Crippen LogP contribution in [0.5, 0.6) is 0 Å². The Balaban J connectivity index is 1.48. The average Bonchev–Trinajstić information content (AvgIpc) is 3.29. The molecule has 4 rings (SSSR count). The zero-order valence-corrected chi connectivity index (χ0v) is 14.9. The quantitative estimate of drug-likeness (QED) is 0.872. The Bertz CT molecular complexity index is 863. The fourth-order valence-electron chi connectivity index (χ4n) is 4.43. The molecule has 3 unspecified atom stereocenters. The van der Waals surface area contributed by atoms with Crippen molar-refractivity contribution in [2.24, 2.45) is 5.92 Å². The summed E-state index contributed by atoms with van der Waals surface area (Å²) in [5.41, 5.74) is 2.20. The minimum absolute atomic E-state index is 0.0208. The average molecular weight is 349 g/mol. The van der Waals surface area contributed by atoms with E-state index in [0.29, 0.717) is 5.56 Å². The van der Waals surface area contributed by atoms with Crippen molar-refractivity contribution in [3.8, 4) is 0 Å². The predicted octanol–water partition coefficient (Wildman–Crippen LogP) is 3.05. The van der Waals surface area contributed by atoms with Crippen molar-refractivity contribution in [2.45, 2.75) is 37.0 Å². The maximum atomic E-state index is 12.8. The van der Waals surface area contributed by atoms with Crippen LogP contribution in [-0.4, -0.2) is 23.5 Å². The first-order chi connectivity index (χ1) is 12.5. The molecule has 2 aliphatic rings. The molecule has 4 heteroatoms. The van der Waals surface area contributed by atoms with E-state index in [1.54, 1.807) is 19.1 Å². The Labute approximate surface area is 153 Å². The van der Waals surface area contributed by atoms with E-state index >= 15 is 0 Å². The molecule has 3 atom stereocenters. The molecule has 2 N–H and O–H groups in total. The summed E-state index contributed by atoms with van der Waals surface area (Å²) in [6.07, 6.45) is 2.90. The molecule has 4 nitrogen and oxygen atoms in total. The van der Waals surface area contributed by atoms with Crippen LogP contribution >= 0.6 is 0 Å². The van der Waals surface area contributed by atoms with Gasteiger partial charge in [-0.15, -0.1) is 0 Å². The normalized spacial score (nSPS) is 25.3. The minimum atomic E-state index is -1.13. The molecule has 2 aromatic carbocycles. The van der Waals surface area contributed by atoms with Gasteiger partial charge in [0.1, 0.15) is 5.41 Å². The molecule has 26 heavy (non-hydrogen) atoms. The molecule has 0 bridgehead atoms. The molecule has 2 aromatic rings. The fraction of sp³-hybridized carbons (Fsp3) is 0.364. The smallest absolute Gasteiger partial charge is 0.315 e. The van der Waals surface area contributed by atoms with Crippen LogP contribution in [0, 0.1) is 5.92 Å². The Morgan fingerprint density at radius 2 is 1.85 bits per heavy atom. The number of hydrogen-bond acceptors (Lipinski definition) is 2. The van der Waals surface area contributed by atoms with Crippen LogP contribution in [0.4, 0.5) is 0 Å². The van der Waals surface area contributed by atoms with Crippen molar-refractivity contribution >= 4 is 11.9 Å². The number of rotatable bonds is 5. The molecule has 2 aliphatic carbocycles. The van der Waals surface area contributed by atoms with Crippen LogP contribution in [0.3, 0.4) is 0 Å². The first kappa shape index (κ1) is 16.8. The molecule has 0 saturated heterocycles. The topological polar surface area (TPSA) is 66.4 Å². The number of fused-ring (bicyclic) bond motifs is 2. The maximum Gasteiger partial charge on any atom is 0.315 e. The summed E-state index contributed by atoms with van der Waals surface area (Å²) >= 11 is 0. The number of carbonyl (C=O) groups excluding carboxylic acids is 1. The van der Waals surface area contributed by atoms with Gasteiger partial charge in [-0.1, -0.05) is 54.6 Å². The van der Waals surface area contributed by atoms with E-state index in [2.05, 4.69) is 17.4 Å². The molecule has 1 spiro atoms. The SMILES string of the molecule is CC(CNC(=O)C1CC12CCc1ccccc12)(C(=O)O)c1ccccc1. The molecular formula is C22H23NO3. The monoisotopic (exact) mass is 349 g/mol. The Hall–Kier alpha value is -2.62. The molecule has 1 saturated carbocycles. The van der Waals surface area contributed by atoms with Gasteiger partial charge in [-0.2, -0.15) is 0 Å². The summed E-state index contributed by atoms with van der Waals surface area (Å²) in [7, 11) is 0. The molecule has 134 valence electrons. The largest absolute Gasteiger partial charge is 0.481 e. The first-order valence-corrected chi connectivity index (χ1v) is 9.12. The van der Waals surface area contributed by atoms with E-state index in [1.165, 1.54) is 11.1 Å². The van der Waals surface area contributed by atoms with Gasteiger partial charge in [-0.05, 0) is 42.9 Å². The third-order valence-corrected chi connectivity index (χ3v) is 6.29. The number of aliphatic carboxylic acids is 1. The van der Waals surface area contributed by atoms with Crippen LogP contribution in [0.2, 0.25) is 0 Å². The summed E-state index contributed by atoms with van der Waals surface area (Å²) in [4.78, 5) is 24.7. The van der Waals surface area contributed by atoms with Gasteiger partial charge in [0.15, 0.2) is 0 Å².